The zero-order valence-corrected chi connectivity index (χ0v) is 21.3. The average molecular weight is 533 g/mol. The second-order valence-electron chi connectivity index (χ2n) is 8.54. The second-order valence-corrected chi connectivity index (χ2v) is 9.86. The van der Waals surface area contributed by atoms with Gasteiger partial charge in [0.2, 0.25) is 11.8 Å². The van der Waals surface area contributed by atoms with Crippen LogP contribution < -0.4 is 11.1 Å². The fourth-order valence-corrected chi connectivity index (χ4v) is 5.71. The summed E-state index contributed by atoms with van der Waals surface area (Å²) in [5.74, 6) is -0.0653. The van der Waals surface area contributed by atoms with Crippen LogP contribution in [0.1, 0.15) is 50.5 Å². The number of halogens is 3. The van der Waals surface area contributed by atoms with Crippen LogP contribution in [0.3, 0.4) is 0 Å². The monoisotopic (exact) mass is 531 g/mol. The van der Waals surface area contributed by atoms with Crippen molar-refractivity contribution in [2.75, 3.05) is 6.54 Å². The van der Waals surface area contributed by atoms with E-state index in [2.05, 4.69) is 14.1 Å². The zero-order valence-electron chi connectivity index (χ0n) is 18.1. The molecule has 1 saturated heterocycles. The minimum absolute atomic E-state index is 0. The van der Waals surface area contributed by atoms with Gasteiger partial charge in [-0.1, -0.05) is 48.5 Å². The molecule has 2 fully saturated rings. The molecule has 180 valence electrons. The average Bonchev–Trinajstić information content (AvgIpc) is 3.46. The van der Waals surface area contributed by atoms with Crippen molar-refractivity contribution in [3.63, 3.8) is 0 Å². The first kappa shape index (κ1) is 26.2. The number of rotatable bonds is 6. The SMILES string of the molecule is Cl.N[C@@H](C(=O)N1CCC[C@H]1C(=O)NCc1cc(Cl)ccc1-c1nsnc1Cl)C1CCCCC1. The van der Waals surface area contributed by atoms with Crippen LogP contribution in [-0.4, -0.2) is 44.1 Å². The Kier molecular flexibility index (Phi) is 9.35. The maximum atomic E-state index is 13.1. The minimum Gasteiger partial charge on any atom is -0.350 e. The summed E-state index contributed by atoms with van der Waals surface area (Å²) in [6.45, 7) is 0.815. The quantitative estimate of drug-likeness (QED) is 0.572. The van der Waals surface area contributed by atoms with Crippen LogP contribution in [0.5, 0.6) is 0 Å². The molecule has 2 amide bonds. The van der Waals surface area contributed by atoms with Gasteiger partial charge >= 0.3 is 0 Å². The lowest BCUT2D eigenvalue weighted by Gasteiger charge is -2.32. The number of amides is 2. The molecular weight excluding hydrogens is 505 g/mol. The van der Waals surface area contributed by atoms with Gasteiger partial charge in [0, 0.05) is 23.7 Å². The molecule has 7 nitrogen and oxygen atoms in total. The molecule has 1 aliphatic carbocycles. The van der Waals surface area contributed by atoms with E-state index in [-0.39, 0.29) is 36.7 Å². The number of nitrogens with zero attached hydrogens (tertiary/aromatic N) is 3. The first-order chi connectivity index (χ1) is 15.5. The molecule has 2 atom stereocenters. The van der Waals surface area contributed by atoms with Crippen molar-refractivity contribution >= 4 is 59.2 Å². The van der Waals surface area contributed by atoms with E-state index in [1.54, 1.807) is 17.0 Å². The van der Waals surface area contributed by atoms with Crippen molar-refractivity contribution in [2.45, 2.75) is 63.6 Å². The van der Waals surface area contributed by atoms with Gasteiger partial charge in [0.1, 0.15) is 11.7 Å². The van der Waals surface area contributed by atoms with Crippen molar-refractivity contribution in [3.8, 4) is 11.3 Å². The van der Waals surface area contributed by atoms with Gasteiger partial charge in [-0.05, 0) is 49.3 Å². The van der Waals surface area contributed by atoms with Crippen LogP contribution in [0.2, 0.25) is 10.2 Å². The molecule has 0 radical (unpaired) electrons. The van der Waals surface area contributed by atoms with Gasteiger partial charge in [-0.25, -0.2) is 0 Å². The Bertz CT molecular complexity index is 983. The Morgan fingerprint density at radius 3 is 2.61 bits per heavy atom. The third-order valence-electron chi connectivity index (χ3n) is 6.51. The molecule has 1 saturated carbocycles. The lowest BCUT2D eigenvalue weighted by Crippen LogP contribution is -2.53. The standard InChI is InChI=1S/C22H27Cl2N5O2S.ClH/c23-15-8-9-16(19-20(24)28-32-27-19)14(11-15)12-26-21(30)17-7-4-10-29(17)22(31)18(25)13-5-2-1-3-6-13;/h8-9,11,13,17-18H,1-7,10,12,25H2,(H,26,30);1H/t17-,18+;/m0./s1. The van der Waals surface area contributed by atoms with Gasteiger partial charge in [-0.3, -0.25) is 9.59 Å². The predicted molar refractivity (Wildman–Crippen MR) is 134 cm³/mol. The van der Waals surface area contributed by atoms with Gasteiger partial charge < -0.3 is 16.0 Å². The number of aromatic nitrogens is 2. The van der Waals surface area contributed by atoms with E-state index >= 15 is 0 Å². The van der Waals surface area contributed by atoms with Crippen molar-refractivity contribution in [2.24, 2.45) is 11.7 Å². The second kappa shape index (κ2) is 11.8. The smallest absolute Gasteiger partial charge is 0.243 e. The first-order valence-corrected chi connectivity index (χ1v) is 12.5. The molecule has 1 aliphatic heterocycles. The Balaban J connectivity index is 0.00000306. The van der Waals surface area contributed by atoms with Crippen LogP contribution in [0.4, 0.5) is 0 Å². The number of likely N-dealkylation sites (tertiary alicyclic amines) is 1. The van der Waals surface area contributed by atoms with E-state index in [0.717, 1.165) is 55.0 Å². The van der Waals surface area contributed by atoms with E-state index in [1.807, 2.05) is 6.07 Å². The van der Waals surface area contributed by atoms with Gasteiger partial charge in [-0.15, -0.1) is 12.4 Å². The minimum atomic E-state index is -0.525. The van der Waals surface area contributed by atoms with Crippen LogP contribution in [-0.2, 0) is 16.1 Å². The topological polar surface area (TPSA) is 101 Å². The Morgan fingerprint density at radius 1 is 1.15 bits per heavy atom. The molecule has 2 aromatic rings. The highest BCUT2D eigenvalue weighted by Gasteiger charge is 2.38. The summed E-state index contributed by atoms with van der Waals surface area (Å²) in [6.07, 6.45) is 6.86. The number of carbonyl (C=O) groups is 2. The van der Waals surface area contributed by atoms with Crippen LogP contribution in [0, 0.1) is 5.92 Å². The number of nitrogens with one attached hydrogen (secondary N) is 1. The summed E-state index contributed by atoms with van der Waals surface area (Å²) in [4.78, 5) is 27.8. The molecule has 2 aliphatic rings. The van der Waals surface area contributed by atoms with E-state index in [9.17, 15) is 9.59 Å². The number of carbonyl (C=O) groups excluding carboxylic acids is 2. The summed E-state index contributed by atoms with van der Waals surface area (Å²) in [7, 11) is 0. The fraction of sp³-hybridized carbons (Fsp3) is 0.545. The largest absolute Gasteiger partial charge is 0.350 e. The van der Waals surface area contributed by atoms with Crippen LogP contribution in [0.25, 0.3) is 11.3 Å². The number of nitrogens with two attached hydrogens (primary N) is 1. The summed E-state index contributed by atoms with van der Waals surface area (Å²) in [6, 6.07) is 4.33. The number of hydrogen-bond acceptors (Lipinski definition) is 6. The molecule has 3 N–H and O–H groups in total. The third kappa shape index (κ3) is 5.98. The summed E-state index contributed by atoms with van der Waals surface area (Å²) >= 11 is 13.4. The Morgan fingerprint density at radius 2 is 1.91 bits per heavy atom. The molecule has 2 heterocycles. The third-order valence-corrected chi connectivity index (χ3v) is 7.63. The number of benzene rings is 1. The zero-order chi connectivity index (χ0) is 22.7. The highest BCUT2D eigenvalue weighted by Crippen LogP contribution is 2.31. The van der Waals surface area contributed by atoms with Gasteiger partial charge in [0.15, 0.2) is 5.15 Å². The van der Waals surface area contributed by atoms with Crippen molar-refractivity contribution in [3.05, 3.63) is 33.9 Å². The molecule has 4 rings (SSSR count). The van der Waals surface area contributed by atoms with Crippen LogP contribution in [0.15, 0.2) is 18.2 Å². The molecular formula is C22H28Cl3N5O2S. The van der Waals surface area contributed by atoms with Gasteiger partial charge in [0.05, 0.1) is 17.8 Å². The Labute approximate surface area is 214 Å². The normalized spacial score (nSPS) is 19.7. The summed E-state index contributed by atoms with van der Waals surface area (Å²) in [5, 5.41) is 3.84. The van der Waals surface area contributed by atoms with Gasteiger partial charge in [0.25, 0.3) is 0 Å². The lowest BCUT2D eigenvalue weighted by atomic mass is 9.83. The van der Waals surface area contributed by atoms with E-state index in [4.69, 9.17) is 28.9 Å². The number of hydrogen-bond donors (Lipinski definition) is 2. The fourth-order valence-electron chi connectivity index (χ4n) is 4.77. The van der Waals surface area contributed by atoms with Crippen molar-refractivity contribution < 1.29 is 9.59 Å². The van der Waals surface area contributed by atoms with E-state index < -0.39 is 12.1 Å². The van der Waals surface area contributed by atoms with Crippen LogP contribution >= 0.6 is 47.3 Å². The molecule has 0 spiro atoms. The highest BCUT2D eigenvalue weighted by atomic mass is 35.5. The van der Waals surface area contributed by atoms with E-state index in [0.29, 0.717) is 28.8 Å². The molecule has 33 heavy (non-hydrogen) atoms. The molecule has 0 bridgehead atoms. The first-order valence-electron chi connectivity index (χ1n) is 11.1. The van der Waals surface area contributed by atoms with Gasteiger partial charge in [-0.2, -0.15) is 8.75 Å². The molecule has 11 heteroatoms. The maximum Gasteiger partial charge on any atom is 0.243 e. The molecule has 1 aromatic carbocycles. The maximum absolute atomic E-state index is 13.1. The molecule has 1 aromatic heterocycles. The Hall–Kier alpha value is -1.45. The van der Waals surface area contributed by atoms with E-state index in [1.165, 1.54) is 6.42 Å². The van der Waals surface area contributed by atoms with Crippen molar-refractivity contribution in [1.82, 2.24) is 19.0 Å². The lowest BCUT2D eigenvalue weighted by molar-refractivity contribution is -0.140. The van der Waals surface area contributed by atoms with Crippen molar-refractivity contribution in [1.29, 1.82) is 0 Å². The highest BCUT2D eigenvalue weighted by molar-refractivity contribution is 6.99. The molecule has 0 unspecified atom stereocenters. The predicted octanol–water partition coefficient (Wildman–Crippen LogP) is 4.45. The summed E-state index contributed by atoms with van der Waals surface area (Å²) in [5.41, 5.74) is 8.46. The summed E-state index contributed by atoms with van der Waals surface area (Å²) < 4.78 is 8.27.